The Balaban J connectivity index is 1.74. The Morgan fingerprint density at radius 2 is 1.45 bits per heavy atom. The molecule has 0 saturated carbocycles. The van der Waals surface area contributed by atoms with Gasteiger partial charge in [0.25, 0.3) is 0 Å². The minimum atomic E-state index is 0.000496. The van der Waals surface area contributed by atoms with Crippen LogP contribution in [-0.2, 0) is 5.75 Å². The van der Waals surface area contributed by atoms with Gasteiger partial charge in [0, 0.05) is 36.8 Å². The minimum absolute atomic E-state index is 0.000496. The maximum absolute atomic E-state index is 12.7. The number of anilines is 1. The van der Waals surface area contributed by atoms with Crippen molar-refractivity contribution in [2.45, 2.75) is 45.3 Å². The average Bonchev–Trinajstić information content (AvgIpc) is 2.72. The monoisotopic (exact) mass is 411 g/mol. The van der Waals surface area contributed by atoms with Crippen LogP contribution in [0.15, 0.2) is 29.2 Å². The van der Waals surface area contributed by atoms with E-state index >= 15 is 0 Å². The van der Waals surface area contributed by atoms with E-state index in [1.165, 1.54) is 33.4 Å². The molecule has 2 amide bonds. The van der Waals surface area contributed by atoms with Crippen molar-refractivity contribution in [3.05, 3.63) is 57.6 Å². The highest BCUT2D eigenvalue weighted by Crippen LogP contribution is 2.34. The number of rotatable bonds is 4. The molecule has 2 aromatic carbocycles. The van der Waals surface area contributed by atoms with Gasteiger partial charge in [0.05, 0.1) is 5.69 Å². The Bertz CT molecular complexity index is 872. The summed E-state index contributed by atoms with van der Waals surface area (Å²) in [6.45, 7) is 14.5. The number of thioether (sulfide) groups is 1. The Kier molecular flexibility index (Phi) is 6.91. The lowest BCUT2D eigenvalue weighted by molar-refractivity contribution is 0.164. The third kappa shape index (κ3) is 4.78. The van der Waals surface area contributed by atoms with E-state index in [2.05, 4.69) is 57.9 Å². The normalized spacial score (nSPS) is 14.9. The van der Waals surface area contributed by atoms with Crippen molar-refractivity contribution >= 4 is 23.5 Å². The molecule has 29 heavy (non-hydrogen) atoms. The molecule has 0 spiro atoms. The summed E-state index contributed by atoms with van der Waals surface area (Å²) in [7, 11) is 2.10. The van der Waals surface area contributed by atoms with Crippen molar-refractivity contribution in [1.29, 1.82) is 0 Å². The van der Waals surface area contributed by atoms with E-state index in [1.54, 1.807) is 11.8 Å². The fourth-order valence-corrected chi connectivity index (χ4v) is 5.03. The van der Waals surface area contributed by atoms with Crippen LogP contribution < -0.4 is 5.32 Å². The van der Waals surface area contributed by atoms with Crippen molar-refractivity contribution in [2.24, 2.45) is 0 Å². The van der Waals surface area contributed by atoms with Gasteiger partial charge in [-0.05, 0) is 87.2 Å². The van der Waals surface area contributed by atoms with Crippen LogP contribution in [0.4, 0.5) is 10.5 Å². The van der Waals surface area contributed by atoms with Crippen LogP contribution in [0.1, 0.15) is 33.4 Å². The quantitative estimate of drug-likeness (QED) is 0.694. The first-order chi connectivity index (χ1) is 13.8. The molecule has 0 atom stereocenters. The highest BCUT2D eigenvalue weighted by Gasteiger charge is 2.20. The van der Waals surface area contributed by atoms with Gasteiger partial charge < -0.3 is 15.1 Å². The van der Waals surface area contributed by atoms with Crippen LogP contribution in [0.2, 0.25) is 0 Å². The number of nitrogens with one attached hydrogen (secondary N) is 1. The molecule has 0 radical (unpaired) electrons. The summed E-state index contributed by atoms with van der Waals surface area (Å²) >= 11 is 1.80. The molecule has 0 unspecified atom stereocenters. The fraction of sp³-hybridized carbons (Fsp3) is 0.458. The van der Waals surface area contributed by atoms with E-state index in [-0.39, 0.29) is 6.03 Å². The third-order valence-electron chi connectivity index (χ3n) is 6.45. The lowest BCUT2D eigenvalue weighted by atomic mass is 9.90. The molecular weight excluding hydrogens is 378 g/mol. The van der Waals surface area contributed by atoms with Crippen molar-refractivity contribution in [2.75, 3.05) is 38.5 Å². The van der Waals surface area contributed by atoms with Gasteiger partial charge in [-0.2, -0.15) is 0 Å². The largest absolute Gasteiger partial charge is 0.322 e. The average molecular weight is 412 g/mol. The molecule has 0 aliphatic carbocycles. The Morgan fingerprint density at radius 1 is 0.897 bits per heavy atom. The summed E-state index contributed by atoms with van der Waals surface area (Å²) in [5, 5.41) is 3.14. The first kappa shape index (κ1) is 21.7. The van der Waals surface area contributed by atoms with Crippen LogP contribution in [0.3, 0.4) is 0 Å². The van der Waals surface area contributed by atoms with Crippen molar-refractivity contribution in [3.8, 4) is 0 Å². The highest BCUT2D eigenvalue weighted by atomic mass is 32.2. The maximum Gasteiger partial charge on any atom is 0.321 e. The molecule has 2 aromatic rings. The Morgan fingerprint density at radius 3 is 2.07 bits per heavy atom. The first-order valence-electron chi connectivity index (χ1n) is 10.3. The van der Waals surface area contributed by atoms with Crippen molar-refractivity contribution < 1.29 is 4.79 Å². The zero-order chi connectivity index (χ0) is 21.1. The lowest BCUT2D eigenvalue weighted by Crippen LogP contribution is -2.48. The van der Waals surface area contributed by atoms with Gasteiger partial charge in [0.1, 0.15) is 0 Å². The summed E-state index contributed by atoms with van der Waals surface area (Å²) in [6, 6.07) is 8.13. The predicted molar refractivity (Wildman–Crippen MR) is 124 cm³/mol. The van der Waals surface area contributed by atoms with Crippen LogP contribution in [0.25, 0.3) is 0 Å². The molecule has 1 aliphatic rings. The number of amides is 2. The van der Waals surface area contributed by atoms with Gasteiger partial charge in [-0.1, -0.05) is 12.1 Å². The van der Waals surface area contributed by atoms with Gasteiger partial charge in [-0.15, -0.1) is 11.8 Å². The molecule has 4 nitrogen and oxygen atoms in total. The van der Waals surface area contributed by atoms with Gasteiger partial charge in [0.2, 0.25) is 0 Å². The molecule has 1 heterocycles. The van der Waals surface area contributed by atoms with E-state index in [0.29, 0.717) is 0 Å². The Labute approximate surface area is 179 Å². The summed E-state index contributed by atoms with van der Waals surface area (Å²) in [4.78, 5) is 18.0. The summed E-state index contributed by atoms with van der Waals surface area (Å²) in [6.07, 6.45) is 0. The molecule has 0 aromatic heterocycles. The smallest absolute Gasteiger partial charge is 0.321 e. The van der Waals surface area contributed by atoms with Crippen LogP contribution in [0.5, 0.6) is 0 Å². The van der Waals surface area contributed by atoms with Gasteiger partial charge >= 0.3 is 6.03 Å². The summed E-state index contributed by atoms with van der Waals surface area (Å²) in [5.74, 6) is 0.904. The van der Waals surface area contributed by atoms with Crippen LogP contribution in [-0.4, -0.2) is 49.1 Å². The number of urea groups is 1. The number of hydrogen-bond acceptors (Lipinski definition) is 3. The van der Waals surface area contributed by atoms with Crippen molar-refractivity contribution in [1.82, 2.24) is 9.80 Å². The van der Waals surface area contributed by atoms with Crippen LogP contribution >= 0.6 is 11.8 Å². The van der Waals surface area contributed by atoms with E-state index in [0.717, 1.165) is 42.5 Å². The second kappa shape index (κ2) is 9.23. The van der Waals surface area contributed by atoms with E-state index in [9.17, 15) is 4.79 Å². The summed E-state index contributed by atoms with van der Waals surface area (Å²) < 4.78 is 0. The number of nitrogens with zero attached hydrogens (tertiary/aromatic N) is 2. The minimum Gasteiger partial charge on any atom is -0.322 e. The van der Waals surface area contributed by atoms with E-state index in [1.807, 2.05) is 23.1 Å². The predicted octanol–water partition coefficient (Wildman–Crippen LogP) is 5.30. The highest BCUT2D eigenvalue weighted by molar-refractivity contribution is 7.98. The number of benzene rings is 2. The molecular formula is C24H33N3OS. The number of para-hydroxylation sites is 1. The van der Waals surface area contributed by atoms with Gasteiger partial charge in [-0.25, -0.2) is 4.79 Å². The molecule has 1 saturated heterocycles. The zero-order valence-electron chi connectivity index (χ0n) is 18.6. The molecule has 3 rings (SSSR count). The SMILES string of the molecule is Cc1c(C)c(C)c(CSc2ccccc2NC(=O)N2CCN(C)CC2)c(C)c1C. The maximum atomic E-state index is 12.7. The van der Waals surface area contributed by atoms with Gasteiger partial charge in [0.15, 0.2) is 0 Å². The number of hydrogen-bond donors (Lipinski definition) is 1. The molecule has 0 bridgehead atoms. The first-order valence-corrected chi connectivity index (χ1v) is 11.3. The van der Waals surface area contributed by atoms with E-state index in [4.69, 9.17) is 0 Å². The number of likely N-dealkylation sites (N-methyl/N-ethyl adjacent to an activating group) is 1. The zero-order valence-corrected chi connectivity index (χ0v) is 19.4. The molecule has 1 N–H and O–H groups in total. The second-order valence-electron chi connectivity index (χ2n) is 8.11. The Hall–Kier alpha value is -1.98. The van der Waals surface area contributed by atoms with Gasteiger partial charge in [-0.3, -0.25) is 0 Å². The molecule has 1 fully saturated rings. The van der Waals surface area contributed by atoms with Crippen LogP contribution in [0, 0.1) is 34.6 Å². The molecule has 1 aliphatic heterocycles. The van der Waals surface area contributed by atoms with E-state index < -0.39 is 0 Å². The molecule has 156 valence electrons. The van der Waals surface area contributed by atoms with Crippen molar-refractivity contribution in [3.63, 3.8) is 0 Å². The lowest BCUT2D eigenvalue weighted by Gasteiger charge is -2.32. The topological polar surface area (TPSA) is 35.6 Å². The standard InChI is InChI=1S/C24H33N3OS/c1-16-17(2)19(4)21(20(5)18(16)3)15-29-23-10-8-7-9-22(23)25-24(28)27-13-11-26(6)12-14-27/h7-10H,11-15H2,1-6H3,(H,25,28). The fourth-order valence-electron chi connectivity index (χ4n) is 3.84. The third-order valence-corrected chi connectivity index (χ3v) is 7.55. The number of piperazine rings is 1. The second-order valence-corrected chi connectivity index (χ2v) is 9.13. The number of carbonyl (C=O) groups is 1. The summed E-state index contributed by atoms with van der Waals surface area (Å²) in [5.41, 5.74) is 9.26. The molecule has 5 heteroatoms. The number of carbonyl (C=O) groups excluding carboxylic acids is 1.